The van der Waals surface area contributed by atoms with Crippen LogP contribution in [-0.2, 0) is 11.7 Å². The van der Waals surface area contributed by atoms with Gasteiger partial charge in [0.25, 0.3) is 0 Å². The van der Waals surface area contributed by atoms with Crippen molar-refractivity contribution < 1.29 is 13.2 Å². The molecule has 1 fully saturated rings. The van der Waals surface area contributed by atoms with Gasteiger partial charge >= 0.3 is 6.18 Å². The Morgan fingerprint density at radius 1 is 1.32 bits per heavy atom. The highest BCUT2D eigenvalue weighted by atomic mass is 35.5. The summed E-state index contributed by atoms with van der Waals surface area (Å²) in [6, 6.07) is 0.847. The van der Waals surface area contributed by atoms with Crippen LogP contribution in [0.3, 0.4) is 0 Å². The molecule has 19 heavy (non-hydrogen) atoms. The molecule has 1 aliphatic carbocycles. The molecule has 0 aliphatic heterocycles. The summed E-state index contributed by atoms with van der Waals surface area (Å²) in [5, 5.41) is 7.65. The van der Waals surface area contributed by atoms with E-state index in [0.29, 0.717) is 18.7 Å². The van der Waals surface area contributed by atoms with Gasteiger partial charge in [0.15, 0.2) is 11.5 Å². The smallest absolute Gasteiger partial charge is 0.319 e. The van der Waals surface area contributed by atoms with Gasteiger partial charge in [-0.15, -0.1) is 10.2 Å². The van der Waals surface area contributed by atoms with Crippen LogP contribution >= 0.6 is 11.6 Å². The zero-order valence-corrected chi connectivity index (χ0v) is 10.5. The normalized spacial score (nSPS) is 18.6. The van der Waals surface area contributed by atoms with Crippen LogP contribution in [0.1, 0.15) is 30.7 Å². The zero-order valence-electron chi connectivity index (χ0n) is 9.71. The molecule has 2 aromatic heterocycles. The van der Waals surface area contributed by atoms with Crippen molar-refractivity contribution in [3.63, 3.8) is 0 Å². The second-order valence-electron chi connectivity index (χ2n) is 4.80. The average molecular weight is 291 g/mol. The molecule has 0 radical (unpaired) electrons. The van der Waals surface area contributed by atoms with E-state index in [0.717, 1.165) is 18.7 Å². The molecular weight excluding hydrogens is 281 g/mol. The molecule has 102 valence electrons. The molecule has 1 saturated carbocycles. The fraction of sp³-hybridized carbons (Fsp3) is 0.455. The Morgan fingerprint density at radius 3 is 2.53 bits per heavy atom. The number of hydrogen-bond acceptors (Lipinski definition) is 3. The fourth-order valence-corrected chi connectivity index (χ4v) is 2.48. The Labute approximate surface area is 111 Å². The van der Waals surface area contributed by atoms with Crippen LogP contribution < -0.4 is 5.73 Å². The van der Waals surface area contributed by atoms with Gasteiger partial charge in [-0.25, -0.2) is 0 Å². The van der Waals surface area contributed by atoms with E-state index in [1.807, 2.05) is 0 Å². The lowest BCUT2D eigenvalue weighted by Crippen LogP contribution is -2.45. The molecule has 0 amide bonds. The summed E-state index contributed by atoms with van der Waals surface area (Å²) in [6.07, 6.45) is -1.23. The Bertz CT molecular complexity index is 645. The molecule has 2 N–H and O–H groups in total. The Hall–Kier alpha value is -1.34. The highest BCUT2D eigenvalue weighted by molar-refractivity contribution is 6.33. The number of nitrogens with two attached hydrogens (primary N) is 1. The predicted molar refractivity (Wildman–Crippen MR) is 62.7 cm³/mol. The van der Waals surface area contributed by atoms with E-state index < -0.39 is 17.3 Å². The molecule has 0 bridgehead atoms. The van der Waals surface area contributed by atoms with Gasteiger partial charge in [-0.05, 0) is 25.3 Å². The predicted octanol–water partition coefficient (Wildman–Crippen LogP) is 2.74. The van der Waals surface area contributed by atoms with Gasteiger partial charge in [-0.3, -0.25) is 4.40 Å². The van der Waals surface area contributed by atoms with Crippen molar-refractivity contribution in [2.24, 2.45) is 5.73 Å². The minimum absolute atomic E-state index is 0.0866. The second kappa shape index (κ2) is 3.83. The average Bonchev–Trinajstić information content (AvgIpc) is 2.69. The monoisotopic (exact) mass is 290 g/mol. The Balaban J connectivity index is 2.23. The first kappa shape index (κ1) is 12.7. The van der Waals surface area contributed by atoms with Crippen molar-refractivity contribution in [1.29, 1.82) is 0 Å². The largest absolute Gasteiger partial charge is 0.417 e. The lowest BCUT2D eigenvalue weighted by molar-refractivity contribution is -0.137. The number of alkyl halides is 3. The van der Waals surface area contributed by atoms with Crippen molar-refractivity contribution in [2.75, 3.05) is 0 Å². The van der Waals surface area contributed by atoms with Crippen LogP contribution in [0, 0.1) is 0 Å². The zero-order chi connectivity index (χ0) is 13.8. The van der Waals surface area contributed by atoms with Gasteiger partial charge in [0.1, 0.15) is 0 Å². The first-order valence-electron chi connectivity index (χ1n) is 5.72. The molecule has 0 unspecified atom stereocenters. The van der Waals surface area contributed by atoms with Gasteiger partial charge in [-0.2, -0.15) is 13.2 Å². The molecule has 4 nitrogen and oxygen atoms in total. The molecule has 0 aromatic carbocycles. The molecule has 1 aliphatic rings. The van der Waals surface area contributed by atoms with Crippen LogP contribution in [0.2, 0.25) is 5.02 Å². The van der Waals surface area contributed by atoms with Crippen LogP contribution in [0.4, 0.5) is 13.2 Å². The standard InChI is InChI=1S/C11H10ClF3N4/c12-7-4-6(11(13,14)15)5-19-8(7)17-18-9(19)10(16)2-1-3-10/h4-5H,1-3,16H2. The third-order valence-electron chi connectivity index (χ3n) is 3.48. The minimum Gasteiger partial charge on any atom is -0.319 e. The lowest BCUT2D eigenvalue weighted by atomic mass is 9.77. The van der Waals surface area contributed by atoms with Crippen LogP contribution in [0.15, 0.2) is 12.3 Å². The number of nitrogens with zero attached hydrogens (tertiary/aromatic N) is 3. The summed E-state index contributed by atoms with van der Waals surface area (Å²) in [5.74, 6) is 0.335. The first-order valence-corrected chi connectivity index (χ1v) is 6.10. The number of hydrogen-bond donors (Lipinski definition) is 1. The van der Waals surface area contributed by atoms with Gasteiger partial charge in [0.05, 0.1) is 16.1 Å². The van der Waals surface area contributed by atoms with E-state index in [-0.39, 0.29) is 10.7 Å². The van der Waals surface area contributed by atoms with Crippen molar-refractivity contribution in [1.82, 2.24) is 14.6 Å². The topological polar surface area (TPSA) is 56.2 Å². The summed E-state index contributed by atoms with van der Waals surface area (Å²) < 4.78 is 39.6. The number of pyridine rings is 1. The van der Waals surface area contributed by atoms with E-state index in [9.17, 15) is 13.2 Å². The molecule has 2 heterocycles. The molecular formula is C11H10ClF3N4. The van der Waals surface area contributed by atoms with E-state index in [1.165, 1.54) is 4.40 Å². The lowest BCUT2D eigenvalue weighted by Gasteiger charge is -2.36. The SMILES string of the molecule is NC1(c2nnc3c(Cl)cc(C(F)(F)F)cn23)CCC1. The molecule has 2 aromatic rings. The first-order chi connectivity index (χ1) is 8.81. The van der Waals surface area contributed by atoms with E-state index in [1.54, 1.807) is 0 Å². The molecule has 8 heteroatoms. The number of aromatic nitrogens is 3. The van der Waals surface area contributed by atoms with E-state index in [4.69, 9.17) is 17.3 Å². The van der Waals surface area contributed by atoms with Crippen molar-refractivity contribution in [2.45, 2.75) is 31.0 Å². The molecule has 0 spiro atoms. The second-order valence-corrected chi connectivity index (χ2v) is 5.21. The number of rotatable bonds is 1. The maximum atomic E-state index is 12.8. The third kappa shape index (κ3) is 1.88. The summed E-state index contributed by atoms with van der Waals surface area (Å²) in [4.78, 5) is 0. The van der Waals surface area contributed by atoms with Gasteiger partial charge < -0.3 is 5.73 Å². The van der Waals surface area contributed by atoms with E-state index in [2.05, 4.69) is 10.2 Å². The van der Waals surface area contributed by atoms with Crippen LogP contribution in [0.25, 0.3) is 5.65 Å². The molecule has 0 atom stereocenters. The van der Waals surface area contributed by atoms with Gasteiger partial charge in [-0.1, -0.05) is 11.6 Å². The maximum Gasteiger partial charge on any atom is 0.417 e. The highest BCUT2D eigenvalue weighted by Gasteiger charge is 2.40. The van der Waals surface area contributed by atoms with Crippen molar-refractivity contribution in [3.05, 3.63) is 28.7 Å². The third-order valence-corrected chi connectivity index (χ3v) is 3.76. The minimum atomic E-state index is -4.47. The summed E-state index contributed by atoms with van der Waals surface area (Å²) in [7, 11) is 0. The van der Waals surface area contributed by atoms with Gasteiger partial charge in [0.2, 0.25) is 0 Å². The van der Waals surface area contributed by atoms with Crippen molar-refractivity contribution in [3.8, 4) is 0 Å². The molecule has 3 rings (SSSR count). The summed E-state index contributed by atoms with van der Waals surface area (Å²) >= 11 is 5.83. The van der Waals surface area contributed by atoms with E-state index >= 15 is 0 Å². The summed E-state index contributed by atoms with van der Waals surface area (Å²) in [6.45, 7) is 0. The van der Waals surface area contributed by atoms with Crippen molar-refractivity contribution >= 4 is 17.2 Å². The van der Waals surface area contributed by atoms with Gasteiger partial charge in [0, 0.05) is 6.20 Å². The Morgan fingerprint density at radius 2 is 2.00 bits per heavy atom. The van der Waals surface area contributed by atoms with Crippen LogP contribution in [0.5, 0.6) is 0 Å². The van der Waals surface area contributed by atoms with Crippen LogP contribution in [-0.4, -0.2) is 14.6 Å². The quantitative estimate of drug-likeness (QED) is 0.878. The number of halogens is 4. The fourth-order valence-electron chi connectivity index (χ4n) is 2.23. The molecule has 0 saturated heterocycles. The Kier molecular flexibility index (Phi) is 2.56. The highest BCUT2D eigenvalue weighted by Crippen LogP contribution is 2.39. The number of fused-ring (bicyclic) bond motifs is 1. The summed E-state index contributed by atoms with van der Waals surface area (Å²) in [5.41, 5.74) is 4.75. The maximum absolute atomic E-state index is 12.8.